The molecule has 32 heavy (non-hydrogen) atoms. The minimum Gasteiger partial charge on any atom is -0.744 e. The molecular formula is C25H20Cl2O3S2. The molecule has 4 rings (SSSR count). The molecule has 0 aliphatic carbocycles. The fourth-order valence-electron chi connectivity index (χ4n) is 2.86. The number of hydrogen-bond donors (Lipinski definition) is 0. The summed E-state index contributed by atoms with van der Waals surface area (Å²) in [6.45, 7) is 2.13. The highest BCUT2D eigenvalue weighted by Gasteiger charge is 2.27. The third kappa shape index (κ3) is 6.61. The third-order valence-corrected chi connectivity index (χ3v) is 8.16. The van der Waals surface area contributed by atoms with Crippen molar-refractivity contribution in [1.82, 2.24) is 0 Å². The average molecular weight is 503 g/mol. The lowest BCUT2D eigenvalue weighted by atomic mass is 10.2. The molecule has 0 spiro atoms. The molecule has 0 N–H and O–H groups in total. The van der Waals surface area contributed by atoms with Crippen molar-refractivity contribution in [3.05, 3.63) is 119 Å². The molecule has 0 heterocycles. The second-order valence-corrected chi connectivity index (χ2v) is 11.0. The summed E-state index contributed by atoms with van der Waals surface area (Å²) < 4.78 is 31.5. The highest BCUT2D eigenvalue weighted by Crippen LogP contribution is 2.31. The van der Waals surface area contributed by atoms with Crippen molar-refractivity contribution in [3.8, 4) is 0 Å². The summed E-state index contributed by atoms with van der Waals surface area (Å²) in [5.41, 5.74) is 1.30. The molecule has 0 unspecified atom stereocenters. The van der Waals surface area contributed by atoms with E-state index in [4.69, 9.17) is 23.2 Å². The lowest BCUT2D eigenvalue weighted by molar-refractivity contribution is 0.463. The molecule has 0 radical (unpaired) electrons. The van der Waals surface area contributed by atoms with Crippen LogP contribution in [0.3, 0.4) is 0 Å². The summed E-state index contributed by atoms with van der Waals surface area (Å²) in [5, 5.41) is 0.0447. The molecule has 7 heteroatoms. The highest BCUT2D eigenvalue weighted by molar-refractivity contribution is 7.97. The molecule has 0 saturated carbocycles. The Morgan fingerprint density at radius 1 is 0.688 bits per heavy atom. The molecule has 0 aromatic heterocycles. The zero-order valence-corrected chi connectivity index (χ0v) is 20.3. The maximum absolute atomic E-state index is 10.5. The molecule has 164 valence electrons. The van der Waals surface area contributed by atoms with Crippen molar-refractivity contribution in [2.75, 3.05) is 0 Å². The largest absolute Gasteiger partial charge is 0.744 e. The lowest BCUT2D eigenvalue weighted by Gasteiger charge is -2.08. The average Bonchev–Trinajstić information content (AvgIpc) is 2.78. The quantitative estimate of drug-likeness (QED) is 0.223. The van der Waals surface area contributed by atoms with Crippen LogP contribution in [0.2, 0.25) is 10.0 Å². The summed E-state index contributed by atoms with van der Waals surface area (Å²) in [7, 11) is -4.55. The van der Waals surface area contributed by atoms with Gasteiger partial charge in [-0.2, -0.15) is 0 Å². The minimum absolute atomic E-state index is 0.0229. The van der Waals surface area contributed by atoms with Crippen molar-refractivity contribution in [2.45, 2.75) is 26.5 Å². The fourth-order valence-corrected chi connectivity index (χ4v) is 6.16. The smallest absolute Gasteiger partial charge is 0.166 e. The molecule has 0 atom stereocenters. The first-order valence-corrected chi connectivity index (χ1v) is 13.0. The zero-order valence-electron chi connectivity index (χ0n) is 17.1. The van der Waals surface area contributed by atoms with Gasteiger partial charge in [-0.3, -0.25) is 0 Å². The van der Waals surface area contributed by atoms with Crippen LogP contribution in [0.4, 0.5) is 0 Å². The molecule has 4 aromatic rings. The van der Waals surface area contributed by atoms with E-state index < -0.39 is 15.0 Å². The summed E-state index contributed by atoms with van der Waals surface area (Å²) in [6, 6.07) is 34.1. The van der Waals surface area contributed by atoms with Gasteiger partial charge in [-0.25, -0.2) is 8.42 Å². The summed E-state index contributed by atoms with van der Waals surface area (Å²) >= 11 is 10.9. The van der Waals surface area contributed by atoms with E-state index in [-0.39, 0.29) is 20.9 Å². The molecule has 0 bridgehead atoms. The molecule has 0 amide bonds. The Bertz CT molecular complexity index is 1220. The van der Waals surface area contributed by atoms with Crippen LogP contribution in [0.15, 0.2) is 123 Å². The van der Waals surface area contributed by atoms with E-state index in [1.807, 2.05) is 0 Å². The van der Waals surface area contributed by atoms with Crippen LogP contribution >= 0.6 is 23.2 Å². The van der Waals surface area contributed by atoms with Gasteiger partial charge in [0, 0.05) is 5.02 Å². The highest BCUT2D eigenvalue weighted by atomic mass is 35.5. The molecule has 0 aliphatic rings. The van der Waals surface area contributed by atoms with Gasteiger partial charge in [0.1, 0.15) is 10.1 Å². The molecule has 0 saturated heterocycles. The Labute approximate surface area is 201 Å². The van der Waals surface area contributed by atoms with E-state index in [0.29, 0.717) is 0 Å². The summed E-state index contributed by atoms with van der Waals surface area (Å²) in [6.07, 6.45) is 0. The monoisotopic (exact) mass is 502 g/mol. The van der Waals surface area contributed by atoms with Gasteiger partial charge in [-0.1, -0.05) is 77.3 Å². The molecule has 4 aromatic carbocycles. The van der Waals surface area contributed by atoms with Crippen molar-refractivity contribution < 1.29 is 13.0 Å². The first kappa shape index (κ1) is 24.4. The number of halogens is 2. The van der Waals surface area contributed by atoms with Crippen molar-refractivity contribution in [3.63, 3.8) is 0 Å². The molecule has 0 fully saturated rings. The number of hydrogen-bond acceptors (Lipinski definition) is 3. The van der Waals surface area contributed by atoms with Crippen LogP contribution in [-0.2, 0) is 21.0 Å². The standard InChI is InChI=1S/C19H17S.C6H4Cl2O3S/c1-16-12-14-19(15-13-16)20(17-8-4-2-5-9-17)18-10-6-3-7-11-18;7-4-1-2-5(8)6(3-4)12(9,10)11/h2-15H,1H3;1-3H,(H,9,10,11)/q+1;/p-1. The first-order chi connectivity index (χ1) is 15.3. The van der Waals surface area contributed by atoms with E-state index in [1.165, 1.54) is 32.4 Å². The van der Waals surface area contributed by atoms with Gasteiger partial charge in [0.2, 0.25) is 0 Å². The Morgan fingerprint density at radius 2 is 1.16 bits per heavy atom. The predicted molar refractivity (Wildman–Crippen MR) is 131 cm³/mol. The van der Waals surface area contributed by atoms with Gasteiger partial charge in [-0.15, -0.1) is 0 Å². The SMILES string of the molecule is Cc1ccc([S+](c2ccccc2)c2ccccc2)cc1.O=S(=O)([O-])c1cc(Cl)ccc1Cl. The lowest BCUT2D eigenvalue weighted by Crippen LogP contribution is -2.04. The Morgan fingerprint density at radius 3 is 1.59 bits per heavy atom. The van der Waals surface area contributed by atoms with Gasteiger partial charge >= 0.3 is 0 Å². The van der Waals surface area contributed by atoms with Crippen LogP contribution in [0.5, 0.6) is 0 Å². The van der Waals surface area contributed by atoms with Gasteiger partial charge in [-0.05, 0) is 61.5 Å². The van der Waals surface area contributed by atoms with Crippen LogP contribution in [0.1, 0.15) is 5.56 Å². The van der Waals surface area contributed by atoms with Crippen molar-refractivity contribution >= 4 is 44.2 Å². The Hall–Kier alpha value is -2.28. The number of benzene rings is 4. The number of rotatable bonds is 4. The maximum Gasteiger partial charge on any atom is 0.166 e. The van der Waals surface area contributed by atoms with Gasteiger partial charge in [0.15, 0.2) is 14.7 Å². The summed E-state index contributed by atoms with van der Waals surface area (Å²) in [4.78, 5) is 3.61. The summed E-state index contributed by atoms with van der Waals surface area (Å²) in [5.74, 6) is 0. The van der Waals surface area contributed by atoms with Gasteiger partial charge < -0.3 is 4.55 Å². The molecular weight excluding hydrogens is 483 g/mol. The second kappa shape index (κ2) is 11.0. The van der Waals surface area contributed by atoms with E-state index in [9.17, 15) is 13.0 Å². The minimum atomic E-state index is -4.52. The van der Waals surface area contributed by atoms with Crippen LogP contribution in [0, 0.1) is 6.92 Å². The Balaban J connectivity index is 0.000000207. The van der Waals surface area contributed by atoms with Gasteiger partial charge in [0.05, 0.1) is 20.8 Å². The maximum atomic E-state index is 10.5. The van der Waals surface area contributed by atoms with Crippen molar-refractivity contribution in [1.29, 1.82) is 0 Å². The molecule has 3 nitrogen and oxygen atoms in total. The van der Waals surface area contributed by atoms with Crippen LogP contribution in [-0.4, -0.2) is 13.0 Å². The Kier molecular flexibility index (Phi) is 8.40. The second-order valence-electron chi connectivity index (χ2n) is 6.77. The van der Waals surface area contributed by atoms with Crippen LogP contribution < -0.4 is 0 Å². The number of aryl methyl sites for hydroxylation is 1. The topological polar surface area (TPSA) is 57.2 Å². The van der Waals surface area contributed by atoms with E-state index in [2.05, 4.69) is 91.9 Å². The van der Waals surface area contributed by atoms with E-state index >= 15 is 0 Å². The van der Waals surface area contributed by atoms with Gasteiger partial charge in [0.25, 0.3) is 0 Å². The third-order valence-electron chi connectivity index (χ3n) is 4.38. The van der Waals surface area contributed by atoms with Crippen molar-refractivity contribution in [2.24, 2.45) is 0 Å². The fraction of sp³-hybridized carbons (Fsp3) is 0.0400. The van der Waals surface area contributed by atoms with E-state index in [0.717, 1.165) is 6.07 Å². The normalized spacial score (nSPS) is 11.0. The van der Waals surface area contributed by atoms with E-state index in [1.54, 1.807) is 0 Å². The first-order valence-electron chi connectivity index (χ1n) is 9.58. The van der Waals surface area contributed by atoms with Crippen LogP contribution in [0.25, 0.3) is 0 Å². The molecule has 0 aliphatic heterocycles. The predicted octanol–water partition coefficient (Wildman–Crippen LogP) is 6.99. The zero-order chi connectivity index (χ0) is 23.1.